The topological polar surface area (TPSA) is 68.2 Å². The van der Waals surface area contributed by atoms with E-state index >= 15 is 0 Å². The Morgan fingerprint density at radius 1 is 1.53 bits per heavy atom. The first-order valence-corrected chi connectivity index (χ1v) is 7.09. The Kier molecular flexibility index (Phi) is 6.26. The number of carbonyl (C=O) groups is 1. The summed E-state index contributed by atoms with van der Waals surface area (Å²) in [5, 5.41) is 14.9. The van der Waals surface area contributed by atoms with E-state index in [1.54, 1.807) is 7.05 Å². The van der Waals surface area contributed by atoms with Crippen molar-refractivity contribution in [2.45, 2.75) is 38.1 Å². The smallest absolute Gasteiger partial charge is 0.224 e. The van der Waals surface area contributed by atoms with Crippen LogP contribution in [0.15, 0.2) is 0 Å². The molecule has 1 heterocycles. The van der Waals surface area contributed by atoms with Crippen LogP contribution in [0.25, 0.3) is 0 Å². The number of piperidine rings is 1. The Labute approximate surface area is 116 Å². The van der Waals surface area contributed by atoms with Crippen molar-refractivity contribution in [1.82, 2.24) is 15.5 Å². The zero-order valence-corrected chi connectivity index (χ0v) is 12.3. The van der Waals surface area contributed by atoms with Gasteiger partial charge in [0.2, 0.25) is 5.91 Å². The molecule has 1 amide bonds. The standard InChI is InChI=1S/C14H26N4O/c1-14(11-15,17-3)7-5-9-18-8-4-6-12(10-18)13(19)16-2/h12,17H,4-10H2,1-3H3,(H,16,19). The van der Waals surface area contributed by atoms with Gasteiger partial charge in [-0.3, -0.25) is 4.79 Å². The fourth-order valence-corrected chi connectivity index (χ4v) is 2.57. The molecule has 1 fully saturated rings. The lowest BCUT2D eigenvalue weighted by atomic mass is 9.95. The lowest BCUT2D eigenvalue weighted by Crippen LogP contribution is -2.43. The van der Waals surface area contributed by atoms with E-state index in [4.69, 9.17) is 5.26 Å². The Morgan fingerprint density at radius 2 is 2.26 bits per heavy atom. The number of carbonyl (C=O) groups excluding carboxylic acids is 1. The molecule has 0 saturated carbocycles. The van der Waals surface area contributed by atoms with Crippen LogP contribution in [-0.4, -0.2) is 50.1 Å². The van der Waals surface area contributed by atoms with E-state index in [2.05, 4.69) is 21.6 Å². The summed E-state index contributed by atoms with van der Waals surface area (Å²) in [5.74, 6) is 0.284. The number of nitrogens with zero attached hydrogens (tertiary/aromatic N) is 2. The summed E-state index contributed by atoms with van der Waals surface area (Å²) in [6, 6.07) is 2.31. The molecule has 1 rings (SSSR count). The van der Waals surface area contributed by atoms with Gasteiger partial charge >= 0.3 is 0 Å². The third-order valence-electron chi connectivity index (χ3n) is 4.07. The molecule has 0 aromatic rings. The third kappa shape index (κ3) is 4.81. The van der Waals surface area contributed by atoms with Crippen LogP contribution in [0.1, 0.15) is 32.6 Å². The maximum Gasteiger partial charge on any atom is 0.224 e. The van der Waals surface area contributed by atoms with E-state index in [1.807, 2.05) is 14.0 Å². The van der Waals surface area contributed by atoms with Crippen LogP contribution in [0.2, 0.25) is 0 Å². The van der Waals surface area contributed by atoms with Gasteiger partial charge in [-0.05, 0) is 52.7 Å². The van der Waals surface area contributed by atoms with Crippen LogP contribution in [0.3, 0.4) is 0 Å². The van der Waals surface area contributed by atoms with E-state index in [9.17, 15) is 4.79 Å². The van der Waals surface area contributed by atoms with Crippen molar-refractivity contribution in [3.63, 3.8) is 0 Å². The first-order chi connectivity index (χ1) is 9.04. The normalized spacial score (nSPS) is 23.4. The van der Waals surface area contributed by atoms with E-state index in [-0.39, 0.29) is 11.8 Å². The van der Waals surface area contributed by atoms with Gasteiger partial charge in [0.15, 0.2) is 0 Å². The maximum absolute atomic E-state index is 11.6. The Balaban J connectivity index is 2.34. The molecule has 2 unspecified atom stereocenters. The van der Waals surface area contributed by atoms with Gasteiger partial charge in [-0.2, -0.15) is 5.26 Å². The van der Waals surface area contributed by atoms with Crippen molar-refractivity contribution in [3.8, 4) is 6.07 Å². The minimum Gasteiger partial charge on any atom is -0.359 e. The molecule has 0 spiro atoms. The number of likely N-dealkylation sites (tertiary alicyclic amines) is 1. The van der Waals surface area contributed by atoms with Crippen molar-refractivity contribution in [3.05, 3.63) is 0 Å². The van der Waals surface area contributed by atoms with Crippen LogP contribution in [0.4, 0.5) is 0 Å². The highest BCUT2D eigenvalue weighted by Crippen LogP contribution is 2.18. The van der Waals surface area contributed by atoms with Crippen molar-refractivity contribution >= 4 is 5.91 Å². The van der Waals surface area contributed by atoms with E-state index in [1.165, 1.54) is 0 Å². The van der Waals surface area contributed by atoms with Gasteiger partial charge in [-0.15, -0.1) is 0 Å². The second-order valence-electron chi connectivity index (χ2n) is 5.55. The Hall–Kier alpha value is -1.12. The first-order valence-electron chi connectivity index (χ1n) is 7.09. The molecule has 5 heteroatoms. The second-order valence-corrected chi connectivity index (χ2v) is 5.55. The zero-order valence-electron chi connectivity index (χ0n) is 12.3. The molecule has 19 heavy (non-hydrogen) atoms. The van der Waals surface area contributed by atoms with Crippen LogP contribution >= 0.6 is 0 Å². The number of rotatable bonds is 6. The molecule has 1 aliphatic rings. The number of hydrogen-bond donors (Lipinski definition) is 2. The molecule has 2 atom stereocenters. The Morgan fingerprint density at radius 3 is 2.84 bits per heavy atom. The zero-order chi connectivity index (χ0) is 14.3. The quantitative estimate of drug-likeness (QED) is 0.743. The summed E-state index contributed by atoms with van der Waals surface area (Å²) in [6.07, 6.45) is 3.88. The minimum absolute atomic E-state index is 0.130. The van der Waals surface area contributed by atoms with Gasteiger partial charge in [0, 0.05) is 13.6 Å². The van der Waals surface area contributed by atoms with E-state index < -0.39 is 5.54 Å². The van der Waals surface area contributed by atoms with Crippen LogP contribution in [-0.2, 0) is 4.79 Å². The molecule has 0 radical (unpaired) electrons. The second kappa shape index (κ2) is 7.46. The van der Waals surface area contributed by atoms with Crippen molar-refractivity contribution in [1.29, 1.82) is 5.26 Å². The molecular weight excluding hydrogens is 240 g/mol. The summed E-state index contributed by atoms with van der Waals surface area (Å²) in [4.78, 5) is 14.0. The summed E-state index contributed by atoms with van der Waals surface area (Å²) in [7, 11) is 3.53. The molecule has 0 aromatic heterocycles. The summed E-state index contributed by atoms with van der Waals surface area (Å²) in [6.45, 7) is 4.81. The summed E-state index contributed by atoms with van der Waals surface area (Å²) < 4.78 is 0. The van der Waals surface area contributed by atoms with Crippen LogP contribution < -0.4 is 10.6 Å². The average Bonchev–Trinajstić information content (AvgIpc) is 2.46. The highest BCUT2D eigenvalue weighted by atomic mass is 16.1. The third-order valence-corrected chi connectivity index (χ3v) is 4.07. The van der Waals surface area contributed by atoms with Crippen molar-refractivity contribution in [2.24, 2.45) is 5.92 Å². The van der Waals surface area contributed by atoms with E-state index in [0.29, 0.717) is 0 Å². The van der Waals surface area contributed by atoms with Gasteiger partial charge in [-0.25, -0.2) is 0 Å². The van der Waals surface area contributed by atoms with E-state index in [0.717, 1.165) is 45.3 Å². The van der Waals surface area contributed by atoms with Gasteiger partial charge in [0.05, 0.1) is 12.0 Å². The van der Waals surface area contributed by atoms with Gasteiger partial charge < -0.3 is 15.5 Å². The van der Waals surface area contributed by atoms with Gasteiger partial charge in [0.25, 0.3) is 0 Å². The predicted octanol–water partition coefficient (Wildman–Crippen LogP) is 0.726. The molecule has 108 valence electrons. The van der Waals surface area contributed by atoms with Gasteiger partial charge in [-0.1, -0.05) is 0 Å². The van der Waals surface area contributed by atoms with Crippen LogP contribution in [0, 0.1) is 17.2 Å². The number of hydrogen-bond acceptors (Lipinski definition) is 4. The van der Waals surface area contributed by atoms with Crippen molar-refractivity contribution < 1.29 is 4.79 Å². The molecule has 5 nitrogen and oxygen atoms in total. The fourth-order valence-electron chi connectivity index (χ4n) is 2.57. The fraction of sp³-hybridized carbons (Fsp3) is 0.857. The summed E-state index contributed by atoms with van der Waals surface area (Å²) >= 11 is 0. The van der Waals surface area contributed by atoms with Crippen LogP contribution in [0.5, 0.6) is 0 Å². The number of nitriles is 1. The van der Waals surface area contributed by atoms with Crippen molar-refractivity contribution in [2.75, 3.05) is 33.7 Å². The lowest BCUT2D eigenvalue weighted by molar-refractivity contribution is -0.126. The SMILES string of the molecule is CNC(=O)C1CCCN(CCCC(C)(C#N)NC)C1. The molecule has 0 aromatic carbocycles. The Bertz CT molecular complexity index is 339. The molecule has 1 aliphatic heterocycles. The summed E-state index contributed by atoms with van der Waals surface area (Å²) in [5.41, 5.74) is -0.435. The molecule has 0 bridgehead atoms. The highest BCUT2D eigenvalue weighted by molar-refractivity contribution is 5.78. The monoisotopic (exact) mass is 266 g/mol. The van der Waals surface area contributed by atoms with Gasteiger partial charge in [0.1, 0.15) is 5.54 Å². The molecule has 2 N–H and O–H groups in total. The maximum atomic E-state index is 11.6. The molecule has 1 saturated heterocycles. The first kappa shape index (κ1) is 15.9. The lowest BCUT2D eigenvalue weighted by Gasteiger charge is -2.32. The predicted molar refractivity (Wildman–Crippen MR) is 75.5 cm³/mol. The number of amides is 1. The molecule has 0 aliphatic carbocycles. The largest absolute Gasteiger partial charge is 0.359 e. The molecular formula is C14H26N4O. The average molecular weight is 266 g/mol. The number of nitrogens with one attached hydrogen (secondary N) is 2. The minimum atomic E-state index is -0.435. The highest BCUT2D eigenvalue weighted by Gasteiger charge is 2.26.